The van der Waals surface area contributed by atoms with Crippen molar-refractivity contribution in [3.63, 3.8) is 0 Å². The molecule has 0 unspecified atom stereocenters. The van der Waals surface area contributed by atoms with E-state index in [1.807, 2.05) is 18.2 Å². The zero-order valence-electron chi connectivity index (χ0n) is 33.6. The minimum atomic E-state index is 0.607. The summed E-state index contributed by atoms with van der Waals surface area (Å²) >= 11 is 1.78. The number of thiophene rings is 1. The van der Waals surface area contributed by atoms with Crippen LogP contribution >= 0.6 is 11.3 Å². The molecule has 14 aromatic rings. The maximum atomic E-state index is 6.82. The van der Waals surface area contributed by atoms with E-state index in [9.17, 15) is 0 Å². The van der Waals surface area contributed by atoms with Gasteiger partial charge in [-0.25, -0.2) is 15.0 Å². The fourth-order valence-electron chi connectivity index (χ4n) is 9.82. The quantitative estimate of drug-likeness (QED) is 0.177. The van der Waals surface area contributed by atoms with Crippen LogP contribution in [0.2, 0.25) is 0 Å². The third-order valence-electron chi connectivity index (χ3n) is 12.8. The molecule has 0 N–H and O–H groups in total. The molecule has 0 saturated carbocycles. The third-order valence-corrected chi connectivity index (χ3v) is 14.0. The molecule has 292 valence electrons. The van der Waals surface area contributed by atoms with E-state index in [4.69, 9.17) is 19.4 Å². The van der Waals surface area contributed by atoms with Gasteiger partial charge in [-0.2, -0.15) is 0 Å². The van der Waals surface area contributed by atoms with Crippen LogP contribution in [-0.4, -0.2) is 19.5 Å². The number of furan rings is 1. The molecule has 0 bridgehead atoms. The highest BCUT2D eigenvalue weighted by Gasteiger charge is 2.22. The zero-order chi connectivity index (χ0) is 41.2. The monoisotopic (exact) mass is 820 g/mol. The van der Waals surface area contributed by atoms with E-state index in [2.05, 4.69) is 180 Å². The van der Waals surface area contributed by atoms with Gasteiger partial charge in [0.25, 0.3) is 0 Å². The van der Waals surface area contributed by atoms with Crippen molar-refractivity contribution in [1.29, 1.82) is 0 Å². The lowest BCUT2D eigenvalue weighted by atomic mass is 10.0. The molecular formula is C57H32N4OS. The molecule has 4 aromatic heterocycles. The Hall–Kier alpha value is -8.19. The lowest BCUT2D eigenvalue weighted by Gasteiger charge is -2.13. The summed E-state index contributed by atoms with van der Waals surface area (Å²) in [5.74, 6) is 1.88. The molecule has 0 atom stereocenters. The summed E-state index contributed by atoms with van der Waals surface area (Å²) in [5, 5.41) is 14.0. The van der Waals surface area contributed by atoms with Crippen molar-refractivity contribution in [1.82, 2.24) is 19.5 Å². The van der Waals surface area contributed by atoms with Crippen molar-refractivity contribution in [3.05, 3.63) is 194 Å². The number of nitrogens with zero attached hydrogens (tertiary/aromatic N) is 4. The highest BCUT2D eigenvalue weighted by Crippen LogP contribution is 2.44. The summed E-state index contributed by atoms with van der Waals surface area (Å²) in [6, 6.07) is 69.2. The smallest absolute Gasteiger partial charge is 0.165 e. The Bertz CT molecular complexity index is 4130. The molecule has 4 heterocycles. The molecule has 63 heavy (non-hydrogen) atoms. The molecule has 0 amide bonds. The molecule has 10 aromatic carbocycles. The average molecular weight is 821 g/mol. The molecule has 0 aliphatic carbocycles. The molecule has 0 spiro atoms. The summed E-state index contributed by atoms with van der Waals surface area (Å²) in [6.07, 6.45) is 0. The van der Waals surface area contributed by atoms with Gasteiger partial charge in [0.15, 0.2) is 17.5 Å². The van der Waals surface area contributed by atoms with Crippen LogP contribution in [0.1, 0.15) is 0 Å². The Morgan fingerprint density at radius 3 is 1.70 bits per heavy atom. The second kappa shape index (κ2) is 13.2. The topological polar surface area (TPSA) is 56.7 Å². The van der Waals surface area contributed by atoms with Gasteiger partial charge in [-0.3, -0.25) is 0 Å². The zero-order valence-corrected chi connectivity index (χ0v) is 34.4. The summed E-state index contributed by atoms with van der Waals surface area (Å²) in [4.78, 5) is 15.6. The van der Waals surface area contributed by atoms with Crippen LogP contribution in [-0.2, 0) is 0 Å². The van der Waals surface area contributed by atoms with Crippen LogP contribution in [0.4, 0.5) is 0 Å². The van der Waals surface area contributed by atoms with Crippen LogP contribution in [0.3, 0.4) is 0 Å². The lowest BCUT2D eigenvalue weighted by molar-refractivity contribution is 0.672. The average Bonchev–Trinajstić information content (AvgIpc) is 4.01. The Morgan fingerprint density at radius 1 is 0.381 bits per heavy atom. The van der Waals surface area contributed by atoms with E-state index in [1.54, 1.807) is 11.3 Å². The van der Waals surface area contributed by atoms with Crippen molar-refractivity contribution in [2.45, 2.75) is 0 Å². The van der Waals surface area contributed by atoms with E-state index >= 15 is 0 Å². The Labute approximate surface area is 363 Å². The first-order valence-corrected chi connectivity index (χ1v) is 22.0. The maximum absolute atomic E-state index is 6.82. The van der Waals surface area contributed by atoms with E-state index in [0.717, 1.165) is 70.8 Å². The first kappa shape index (κ1) is 34.5. The predicted octanol–water partition coefficient (Wildman–Crippen LogP) is 15.7. The largest absolute Gasteiger partial charge is 0.455 e. The van der Waals surface area contributed by atoms with Crippen LogP contribution < -0.4 is 0 Å². The maximum Gasteiger partial charge on any atom is 0.165 e. The third kappa shape index (κ3) is 5.19. The highest BCUT2D eigenvalue weighted by molar-refractivity contribution is 7.26. The van der Waals surface area contributed by atoms with Gasteiger partial charge in [0, 0.05) is 69.2 Å². The number of benzene rings is 10. The van der Waals surface area contributed by atoms with E-state index in [0.29, 0.717) is 17.5 Å². The van der Waals surface area contributed by atoms with Gasteiger partial charge >= 0.3 is 0 Å². The van der Waals surface area contributed by atoms with Gasteiger partial charge in [-0.15, -0.1) is 11.3 Å². The second-order valence-electron chi connectivity index (χ2n) is 16.4. The van der Waals surface area contributed by atoms with Crippen LogP contribution in [0.5, 0.6) is 0 Å². The summed E-state index contributed by atoms with van der Waals surface area (Å²) < 4.78 is 11.7. The lowest BCUT2D eigenvalue weighted by Crippen LogP contribution is -2.00. The summed E-state index contributed by atoms with van der Waals surface area (Å²) in [7, 11) is 0. The van der Waals surface area contributed by atoms with Crippen molar-refractivity contribution in [2.24, 2.45) is 0 Å². The summed E-state index contributed by atoms with van der Waals surface area (Å²) in [5.41, 5.74) is 7.91. The van der Waals surface area contributed by atoms with Gasteiger partial charge in [-0.05, 0) is 82.2 Å². The Morgan fingerprint density at radius 2 is 0.968 bits per heavy atom. The van der Waals surface area contributed by atoms with Crippen LogP contribution in [0.25, 0.3) is 136 Å². The highest BCUT2D eigenvalue weighted by atomic mass is 32.1. The molecular weight excluding hydrogens is 789 g/mol. The van der Waals surface area contributed by atoms with Gasteiger partial charge in [0.05, 0.1) is 16.7 Å². The number of hydrogen-bond acceptors (Lipinski definition) is 5. The fraction of sp³-hybridized carbons (Fsp3) is 0. The minimum Gasteiger partial charge on any atom is -0.455 e. The number of rotatable bonds is 4. The van der Waals surface area contributed by atoms with E-state index < -0.39 is 0 Å². The Balaban J connectivity index is 1.03. The molecule has 6 heteroatoms. The normalized spacial score (nSPS) is 12.1. The molecule has 0 fully saturated rings. The van der Waals surface area contributed by atoms with Crippen molar-refractivity contribution < 1.29 is 4.42 Å². The molecule has 5 nitrogen and oxygen atoms in total. The van der Waals surface area contributed by atoms with Gasteiger partial charge in [-0.1, -0.05) is 133 Å². The SMILES string of the molecule is c1ccc(-c2nc(-c3ccc4oc5c6ccccc6c(-n6c7cc8ccccc8cc7c7cc8ccccc8cc76)cc5c4c3)nc(-c3cccc4c3sc3ccccc34)n2)cc1. The number of fused-ring (bicyclic) bond motifs is 13. The molecule has 0 saturated heterocycles. The van der Waals surface area contributed by atoms with Crippen LogP contribution in [0, 0.1) is 0 Å². The molecule has 14 rings (SSSR count). The minimum absolute atomic E-state index is 0.607. The van der Waals surface area contributed by atoms with Gasteiger partial charge < -0.3 is 8.98 Å². The first-order chi connectivity index (χ1) is 31.2. The van der Waals surface area contributed by atoms with Crippen LogP contribution in [0.15, 0.2) is 199 Å². The summed E-state index contributed by atoms with van der Waals surface area (Å²) in [6.45, 7) is 0. The second-order valence-corrected chi connectivity index (χ2v) is 17.4. The number of hydrogen-bond donors (Lipinski definition) is 0. The van der Waals surface area contributed by atoms with Crippen molar-refractivity contribution in [2.75, 3.05) is 0 Å². The van der Waals surface area contributed by atoms with E-state index in [1.165, 1.54) is 47.8 Å². The number of aromatic nitrogens is 4. The van der Waals surface area contributed by atoms with E-state index in [-0.39, 0.29) is 0 Å². The first-order valence-electron chi connectivity index (χ1n) is 21.2. The molecule has 0 aliphatic heterocycles. The fourth-order valence-corrected chi connectivity index (χ4v) is 11.0. The van der Waals surface area contributed by atoms with Gasteiger partial charge in [0.1, 0.15) is 11.2 Å². The van der Waals surface area contributed by atoms with Gasteiger partial charge in [0.2, 0.25) is 0 Å². The van der Waals surface area contributed by atoms with Crippen molar-refractivity contribution in [3.8, 4) is 39.9 Å². The van der Waals surface area contributed by atoms with Crippen molar-refractivity contribution >= 4 is 108 Å². The molecule has 0 aliphatic rings. The predicted molar refractivity (Wildman–Crippen MR) is 263 cm³/mol. The Kier molecular flexibility index (Phi) is 7.21. The molecule has 0 radical (unpaired) electrons. The standard InChI is InChI=1S/C57H32N4OS/c1-2-13-33(14-3-1)55-58-56(60-57(59-55)43-23-12-22-42-40-20-10-11-24-52(40)63-54(42)43)38-25-26-51-46(29-38)47-32-50(39-19-8-9-21-41(39)53(47)62-51)61-48-30-36-17-6-4-15-34(36)27-44(48)45-28-35-16-5-7-18-37(35)31-49(45)61/h1-32H.